The second-order valence-electron chi connectivity index (χ2n) is 6.93. The van der Waals surface area contributed by atoms with E-state index in [0.29, 0.717) is 11.4 Å². The molecule has 9 nitrogen and oxygen atoms in total. The highest BCUT2D eigenvalue weighted by Crippen LogP contribution is 2.38. The van der Waals surface area contributed by atoms with Crippen LogP contribution in [0.25, 0.3) is 33.0 Å². The highest BCUT2D eigenvalue weighted by molar-refractivity contribution is 7.15. The lowest BCUT2D eigenvalue weighted by Crippen LogP contribution is -2.14. The van der Waals surface area contributed by atoms with Gasteiger partial charge in [-0.15, -0.1) is 11.3 Å². The van der Waals surface area contributed by atoms with Gasteiger partial charge < -0.3 is 11.5 Å². The number of carbonyl (C=O) groups excluding carboxylic acids is 1. The molecule has 4 heterocycles. The molecule has 0 bridgehead atoms. The molecule has 0 saturated heterocycles. The zero-order valence-electron chi connectivity index (χ0n) is 16.7. The second kappa shape index (κ2) is 7.05. The molecular formula is C19H22N8OS. The van der Waals surface area contributed by atoms with Gasteiger partial charge in [-0.2, -0.15) is 10.2 Å². The van der Waals surface area contributed by atoms with Gasteiger partial charge in [0.2, 0.25) is 0 Å². The molecule has 29 heavy (non-hydrogen) atoms. The van der Waals surface area contributed by atoms with Crippen LogP contribution in [0, 0.1) is 6.92 Å². The van der Waals surface area contributed by atoms with Gasteiger partial charge in [0.15, 0.2) is 0 Å². The van der Waals surface area contributed by atoms with E-state index in [-0.39, 0.29) is 11.7 Å². The number of aromatic nitrogens is 6. The quantitative estimate of drug-likeness (QED) is 0.519. The van der Waals surface area contributed by atoms with Crippen molar-refractivity contribution in [2.24, 2.45) is 18.5 Å². The van der Waals surface area contributed by atoms with Crippen LogP contribution in [0.3, 0.4) is 0 Å². The molecule has 1 amide bonds. The Labute approximate surface area is 171 Å². The average Bonchev–Trinajstić information content (AvgIpc) is 3.37. The fraction of sp³-hybridized carbons (Fsp3) is 0.316. The van der Waals surface area contributed by atoms with Gasteiger partial charge >= 0.3 is 0 Å². The summed E-state index contributed by atoms with van der Waals surface area (Å²) in [4.78, 5) is 22.1. The Morgan fingerprint density at radius 1 is 1.28 bits per heavy atom. The molecule has 1 atom stereocenters. The Morgan fingerprint density at radius 2 is 2.03 bits per heavy atom. The molecule has 0 aliphatic rings. The third-order valence-corrected chi connectivity index (χ3v) is 5.99. The van der Waals surface area contributed by atoms with Crippen molar-refractivity contribution in [3.05, 3.63) is 34.6 Å². The standard InChI is InChI=1S/C19H22N8OS/c1-5-27-14(6-9(2)25-27)19-24-16(17(29-19)10(3)20)15-11-8-22-26(4)13(11)7-12(23-15)18(21)28/h6-8,10H,5,20H2,1-4H3,(H2,21,28)/t10-/m1/s1. The number of nitrogens with zero attached hydrogens (tertiary/aromatic N) is 6. The van der Waals surface area contributed by atoms with Crippen molar-refractivity contribution in [1.82, 2.24) is 29.5 Å². The minimum absolute atomic E-state index is 0.163. The van der Waals surface area contributed by atoms with Crippen LogP contribution < -0.4 is 11.5 Å². The van der Waals surface area contributed by atoms with Crippen LogP contribution in [-0.4, -0.2) is 35.4 Å². The Morgan fingerprint density at radius 3 is 2.69 bits per heavy atom. The van der Waals surface area contributed by atoms with E-state index in [1.807, 2.05) is 31.5 Å². The van der Waals surface area contributed by atoms with Crippen LogP contribution in [-0.2, 0) is 13.6 Å². The van der Waals surface area contributed by atoms with E-state index < -0.39 is 5.91 Å². The lowest BCUT2D eigenvalue weighted by atomic mass is 10.1. The first-order valence-corrected chi connectivity index (χ1v) is 10.1. The first-order valence-electron chi connectivity index (χ1n) is 9.24. The van der Waals surface area contributed by atoms with Crippen LogP contribution >= 0.6 is 11.3 Å². The van der Waals surface area contributed by atoms with Gasteiger partial charge in [0, 0.05) is 25.0 Å². The number of aryl methyl sites for hydroxylation is 3. The summed E-state index contributed by atoms with van der Waals surface area (Å²) < 4.78 is 3.59. The van der Waals surface area contributed by atoms with Crippen LogP contribution in [0.15, 0.2) is 18.3 Å². The van der Waals surface area contributed by atoms with Crippen LogP contribution in [0.1, 0.15) is 40.9 Å². The average molecular weight is 411 g/mol. The molecular weight excluding hydrogens is 388 g/mol. The van der Waals surface area contributed by atoms with Gasteiger partial charge in [0.25, 0.3) is 5.91 Å². The molecule has 4 aromatic rings. The van der Waals surface area contributed by atoms with E-state index in [0.717, 1.165) is 38.7 Å². The number of primary amides is 1. The summed E-state index contributed by atoms with van der Waals surface area (Å²) in [5.74, 6) is -0.605. The first kappa shape index (κ1) is 19.2. The maximum Gasteiger partial charge on any atom is 0.267 e. The largest absolute Gasteiger partial charge is 0.364 e. The molecule has 0 fully saturated rings. The predicted octanol–water partition coefficient (Wildman–Crippen LogP) is 2.40. The maximum absolute atomic E-state index is 11.9. The predicted molar refractivity (Wildman–Crippen MR) is 112 cm³/mol. The molecule has 4 rings (SSSR count). The summed E-state index contributed by atoms with van der Waals surface area (Å²) in [5.41, 5.74) is 15.8. The third-order valence-electron chi connectivity index (χ3n) is 4.71. The summed E-state index contributed by atoms with van der Waals surface area (Å²) in [7, 11) is 1.80. The monoisotopic (exact) mass is 410 g/mol. The molecule has 4 N–H and O–H groups in total. The number of rotatable bonds is 5. The van der Waals surface area contributed by atoms with Gasteiger partial charge in [-0.05, 0) is 32.9 Å². The Balaban J connectivity index is 2.00. The van der Waals surface area contributed by atoms with Gasteiger partial charge in [0.1, 0.15) is 22.1 Å². The van der Waals surface area contributed by atoms with Crippen molar-refractivity contribution >= 4 is 28.1 Å². The molecule has 0 aliphatic heterocycles. The van der Waals surface area contributed by atoms with Crippen molar-refractivity contribution in [2.75, 3.05) is 0 Å². The van der Waals surface area contributed by atoms with Gasteiger partial charge in [-0.3, -0.25) is 14.2 Å². The zero-order valence-corrected chi connectivity index (χ0v) is 17.5. The second-order valence-corrected chi connectivity index (χ2v) is 7.96. The number of thiazole rings is 1. The fourth-order valence-electron chi connectivity index (χ4n) is 3.33. The smallest absolute Gasteiger partial charge is 0.267 e. The number of amides is 1. The topological polar surface area (TPSA) is 131 Å². The number of pyridine rings is 1. The van der Waals surface area contributed by atoms with E-state index in [1.165, 1.54) is 11.3 Å². The number of fused-ring (bicyclic) bond motifs is 1. The van der Waals surface area contributed by atoms with Crippen molar-refractivity contribution in [3.8, 4) is 22.1 Å². The lowest BCUT2D eigenvalue weighted by Gasteiger charge is -2.07. The normalized spacial score (nSPS) is 12.6. The van der Waals surface area contributed by atoms with Crippen LogP contribution in [0.5, 0.6) is 0 Å². The summed E-state index contributed by atoms with van der Waals surface area (Å²) in [6.07, 6.45) is 1.72. The minimum Gasteiger partial charge on any atom is -0.364 e. The van der Waals surface area contributed by atoms with Crippen LogP contribution in [0.4, 0.5) is 0 Å². The highest BCUT2D eigenvalue weighted by Gasteiger charge is 2.24. The number of hydrogen-bond acceptors (Lipinski definition) is 7. The molecule has 0 unspecified atom stereocenters. The zero-order chi connectivity index (χ0) is 20.9. The van der Waals surface area contributed by atoms with E-state index in [2.05, 4.69) is 15.2 Å². The van der Waals surface area contributed by atoms with Crippen LogP contribution in [0.2, 0.25) is 0 Å². The summed E-state index contributed by atoms with van der Waals surface area (Å²) in [6.45, 7) is 6.62. The molecule has 10 heteroatoms. The Hall–Kier alpha value is -3.11. The SMILES string of the molecule is CCn1nc(C)cc1-c1nc(-c2nc(C(N)=O)cc3c2cnn3C)c([C@@H](C)N)s1. The van der Waals surface area contributed by atoms with E-state index in [9.17, 15) is 4.79 Å². The Kier molecular flexibility index (Phi) is 4.67. The summed E-state index contributed by atoms with van der Waals surface area (Å²) in [5, 5.41) is 10.4. The molecule has 0 radical (unpaired) electrons. The lowest BCUT2D eigenvalue weighted by molar-refractivity contribution is 0.0996. The van der Waals surface area contributed by atoms with Crippen molar-refractivity contribution in [3.63, 3.8) is 0 Å². The van der Waals surface area contributed by atoms with Crippen molar-refractivity contribution in [2.45, 2.75) is 33.4 Å². The maximum atomic E-state index is 11.9. The van der Waals surface area contributed by atoms with Gasteiger partial charge in [-0.25, -0.2) is 9.97 Å². The third kappa shape index (κ3) is 3.19. The van der Waals surface area contributed by atoms with E-state index >= 15 is 0 Å². The molecule has 4 aromatic heterocycles. The number of nitrogens with two attached hydrogens (primary N) is 2. The Bertz CT molecular complexity index is 1230. The van der Waals surface area contributed by atoms with Gasteiger partial charge in [0.05, 0.1) is 28.0 Å². The molecule has 0 saturated carbocycles. The number of carbonyl (C=O) groups is 1. The number of hydrogen-bond donors (Lipinski definition) is 2. The molecule has 0 spiro atoms. The molecule has 150 valence electrons. The first-order chi connectivity index (χ1) is 13.8. The molecule has 0 aliphatic carbocycles. The summed E-state index contributed by atoms with van der Waals surface area (Å²) in [6, 6.07) is 3.38. The van der Waals surface area contributed by atoms with Crippen molar-refractivity contribution < 1.29 is 4.79 Å². The van der Waals surface area contributed by atoms with E-state index in [1.54, 1.807) is 24.0 Å². The molecule has 0 aromatic carbocycles. The minimum atomic E-state index is -0.605. The fourth-order valence-corrected chi connectivity index (χ4v) is 4.37. The van der Waals surface area contributed by atoms with Crippen molar-refractivity contribution in [1.29, 1.82) is 0 Å². The van der Waals surface area contributed by atoms with E-state index in [4.69, 9.17) is 16.5 Å². The van der Waals surface area contributed by atoms with Gasteiger partial charge in [-0.1, -0.05) is 0 Å². The highest BCUT2D eigenvalue weighted by atomic mass is 32.1. The summed E-state index contributed by atoms with van der Waals surface area (Å²) >= 11 is 1.51.